The molecule has 0 fully saturated rings. The highest BCUT2D eigenvalue weighted by Gasteiger charge is 2.14. The van der Waals surface area contributed by atoms with Crippen molar-refractivity contribution in [1.82, 2.24) is 0 Å². The van der Waals surface area contributed by atoms with Crippen molar-refractivity contribution in [2.45, 2.75) is 6.42 Å². The van der Waals surface area contributed by atoms with Crippen LogP contribution < -0.4 is 10.2 Å². The molecule has 1 radical (unpaired) electrons. The summed E-state index contributed by atoms with van der Waals surface area (Å²) in [5.41, 5.74) is 2.57. The van der Waals surface area contributed by atoms with E-state index in [0.29, 0.717) is 0 Å². The Morgan fingerprint density at radius 2 is 2.27 bits per heavy atom. The zero-order chi connectivity index (χ0) is 10.5. The van der Waals surface area contributed by atoms with Crippen molar-refractivity contribution in [2.75, 3.05) is 29.9 Å². The lowest BCUT2D eigenvalue weighted by Crippen LogP contribution is -2.34. The van der Waals surface area contributed by atoms with Gasteiger partial charge >= 0.3 is 0 Å². The molecular weight excluding hydrogens is 184 g/mol. The fourth-order valence-corrected chi connectivity index (χ4v) is 1.93. The first-order valence-electron chi connectivity index (χ1n) is 5.44. The summed E-state index contributed by atoms with van der Waals surface area (Å²) in [5.74, 6) is 0. The lowest BCUT2D eigenvalue weighted by Gasteiger charge is -2.31. The molecule has 0 saturated carbocycles. The largest absolute Gasteiger partial charge is 0.382 e. The highest BCUT2D eigenvalue weighted by molar-refractivity contribution is 5.71. The Morgan fingerprint density at radius 1 is 1.40 bits per heavy atom. The maximum Gasteiger partial charge on any atom is 0.0602 e. The van der Waals surface area contributed by atoms with Crippen molar-refractivity contribution in [3.63, 3.8) is 0 Å². The Balaban J connectivity index is 2.08. The number of rotatable bonds is 3. The second kappa shape index (κ2) is 4.87. The van der Waals surface area contributed by atoms with Crippen LogP contribution in [0.1, 0.15) is 6.42 Å². The van der Waals surface area contributed by atoms with Crippen molar-refractivity contribution < 1.29 is 0 Å². The molecule has 2 rings (SSSR count). The average Bonchev–Trinajstić information content (AvgIpc) is 2.30. The van der Waals surface area contributed by atoms with E-state index in [9.17, 15) is 0 Å². The Bertz CT molecular complexity index is 344. The van der Waals surface area contributed by atoms with E-state index in [1.807, 2.05) is 6.08 Å². The average molecular weight is 201 g/mol. The number of nitrogens with zero attached hydrogens (tertiary/aromatic N) is 1. The minimum Gasteiger partial charge on any atom is -0.382 e. The summed E-state index contributed by atoms with van der Waals surface area (Å²) in [6.45, 7) is 6.89. The van der Waals surface area contributed by atoms with Gasteiger partial charge < -0.3 is 10.2 Å². The van der Waals surface area contributed by atoms with Crippen LogP contribution in [0, 0.1) is 6.92 Å². The van der Waals surface area contributed by atoms with E-state index >= 15 is 0 Å². The minimum atomic E-state index is 1.03. The number of allylic oxidation sites excluding steroid dienone is 1. The highest BCUT2D eigenvalue weighted by atomic mass is 15.2. The van der Waals surface area contributed by atoms with Crippen molar-refractivity contribution in [3.8, 4) is 0 Å². The van der Waals surface area contributed by atoms with E-state index in [-0.39, 0.29) is 0 Å². The van der Waals surface area contributed by atoms with E-state index in [4.69, 9.17) is 0 Å². The molecule has 1 N–H and O–H groups in total. The van der Waals surface area contributed by atoms with E-state index in [1.54, 1.807) is 0 Å². The highest BCUT2D eigenvalue weighted by Crippen LogP contribution is 2.28. The van der Waals surface area contributed by atoms with E-state index in [0.717, 1.165) is 26.1 Å². The topological polar surface area (TPSA) is 15.3 Å². The molecule has 1 heterocycles. The van der Waals surface area contributed by atoms with E-state index < -0.39 is 0 Å². The van der Waals surface area contributed by atoms with Gasteiger partial charge in [-0.1, -0.05) is 24.3 Å². The third-order valence-electron chi connectivity index (χ3n) is 2.67. The van der Waals surface area contributed by atoms with Gasteiger partial charge in [0.05, 0.1) is 11.4 Å². The van der Waals surface area contributed by atoms with Gasteiger partial charge in [-0.15, -0.1) is 0 Å². The Kier molecular flexibility index (Phi) is 3.28. The molecule has 15 heavy (non-hydrogen) atoms. The molecule has 0 aromatic heterocycles. The second-order valence-electron chi connectivity index (χ2n) is 3.69. The number of hydrogen-bond acceptors (Lipinski definition) is 2. The summed E-state index contributed by atoms with van der Waals surface area (Å²) in [6, 6.07) is 8.48. The normalized spacial score (nSPS) is 15.1. The monoisotopic (exact) mass is 201 g/mol. The fourth-order valence-electron chi connectivity index (χ4n) is 1.93. The number of anilines is 2. The van der Waals surface area contributed by atoms with Gasteiger partial charge in [-0.05, 0) is 25.5 Å². The maximum absolute atomic E-state index is 3.70. The van der Waals surface area contributed by atoms with Crippen molar-refractivity contribution in [2.24, 2.45) is 0 Å². The lowest BCUT2D eigenvalue weighted by molar-refractivity contribution is 0.783. The first kappa shape index (κ1) is 10.1. The van der Waals surface area contributed by atoms with Gasteiger partial charge in [0.2, 0.25) is 0 Å². The van der Waals surface area contributed by atoms with Crippen molar-refractivity contribution in [1.29, 1.82) is 0 Å². The van der Waals surface area contributed by atoms with Gasteiger partial charge in [0.15, 0.2) is 0 Å². The van der Waals surface area contributed by atoms with Gasteiger partial charge in [-0.3, -0.25) is 0 Å². The van der Waals surface area contributed by atoms with Crippen LogP contribution in [0.5, 0.6) is 0 Å². The molecule has 1 aliphatic heterocycles. The van der Waals surface area contributed by atoms with Crippen LogP contribution in [-0.2, 0) is 0 Å². The predicted molar refractivity (Wildman–Crippen MR) is 66.3 cm³/mol. The Labute approximate surface area is 91.6 Å². The molecule has 2 nitrogen and oxygen atoms in total. The lowest BCUT2D eigenvalue weighted by atomic mass is 10.2. The van der Waals surface area contributed by atoms with Crippen LogP contribution in [0.2, 0.25) is 0 Å². The van der Waals surface area contributed by atoms with Crippen molar-refractivity contribution >= 4 is 11.4 Å². The Morgan fingerprint density at radius 3 is 3.13 bits per heavy atom. The summed E-state index contributed by atoms with van der Waals surface area (Å²) < 4.78 is 0. The zero-order valence-electron chi connectivity index (χ0n) is 8.95. The van der Waals surface area contributed by atoms with Crippen LogP contribution in [-0.4, -0.2) is 19.6 Å². The molecule has 0 aliphatic carbocycles. The number of hydrogen-bond donors (Lipinski definition) is 1. The molecule has 1 aliphatic rings. The molecule has 0 unspecified atom stereocenters. The summed E-state index contributed by atoms with van der Waals surface area (Å²) in [6.07, 6.45) is 5.05. The summed E-state index contributed by atoms with van der Waals surface area (Å²) in [7, 11) is 0. The molecule has 1 aromatic rings. The van der Waals surface area contributed by atoms with Crippen LogP contribution in [0.25, 0.3) is 0 Å². The van der Waals surface area contributed by atoms with Crippen LogP contribution >= 0.6 is 0 Å². The van der Waals surface area contributed by atoms with Gasteiger partial charge in [0.1, 0.15) is 0 Å². The second-order valence-corrected chi connectivity index (χ2v) is 3.69. The molecular formula is C13H17N2. The zero-order valence-corrected chi connectivity index (χ0v) is 8.95. The molecule has 0 saturated heterocycles. The Hall–Kier alpha value is -1.44. The summed E-state index contributed by atoms with van der Waals surface area (Å²) in [4.78, 5) is 2.42. The van der Waals surface area contributed by atoms with E-state index in [1.165, 1.54) is 11.4 Å². The molecule has 2 heteroatoms. The molecule has 0 spiro atoms. The van der Waals surface area contributed by atoms with Gasteiger partial charge in [-0.2, -0.15) is 0 Å². The number of fused-ring (bicyclic) bond motifs is 1. The quantitative estimate of drug-likeness (QED) is 0.809. The number of nitrogens with one attached hydrogen (secondary N) is 1. The fraction of sp³-hybridized carbons (Fsp3) is 0.308. The SMILES string of the molecule is [CH2]C=CCCN1CCNc2ccccc21. The molecule has 79 valence electrons. The minimum absolute atomic E-state index is 1.03. The van der Waals surface area contributed by atoms with Crippen LogP contribution in [0.15, 0.2) is 36.4 Å². The predicted octanol–water partition coefficient (Wildman–Crippen LogP) is 2.70. The smallest absolute Gasteiger partial charge is 0.0602 e. The third-order valence-corrected chi connectivity index (χ3v) is 2.67. The summed E-state index contributed by atoms with van der Waals surface area (Å²) >= 11 is 0. The van der Waals surface area contributed by atoms with Gasteiger partial charge in [-0.25, -0.2) is 0 Å². The molecule has 0 atom stereocenters. The van der Waals surface area contributed by atoms with E-state index in [2.05, 4.69) is 47.5 Å². The summed E-state index contributed by atoms with van der Waals surface area (Å²) in [5, 5.41) is 3.41. The van der Waals surface area contributed by atoms with Crippen LogP contribution in [0.4, 0.5) is 11.4 Å². The number of benzene rings is 1. The maximum atomic E-state index is 3.70. The van der Waals surface area contributed by atoms with Crippen LogP contribution in [0.3, 0.4) is 0 Å². The van der Waals surface area contributed by atoms with Gasteiger partial charge in [0, 0.05) is 19.6 Å². The standard InChI is InChI=1S/C13H17N2/c1-2-3-6-10-15-11-9-14-12-7-4-5-8-13(12)15/h2-5,7-8,14H,1,6,9-11H2. The third kappa shape index (κ3) is 2.32. The number of para-hydroxylation sites is 2. The molecule has 0 bridgehead atoms. The first-order chi connectivity index (χ1) is 7.42. The van der Waals surface area contributed by atoms with Crippen molar-refractivity contribution in [3.05, 3.63) is 43.3 Å². The molecule has 0 amide bonds. The molecule has 1 aromatic carbocycles. The first-order valence-corrected chi connectivity index (χ1v) is 5.44. The van der Waals surface area contributed by atoms with Gasteiger partial charge in [0.25, 0.3) is 0 Å².